The summed E-state index contributed by atoms with van der Waals surface area (Å²) in [6.45, 7) is 1.54. The van der Waals surface area contributed by atoms with Crippen LogP contribution in [0.1, 0.15) is 16.8 Å². The summed E-state index contributed by atoms with van der Waals surface area (Å²) in [5.74, 6) is -1.58. The molecule has 9 heteroatoms. The van der Waals surface area contributed by atoms with Crippen LogP contribution in [0.5, 0.6) is 11.5 Å². The second-order valence-electron chi connectivity index (χ2n) is 4.81. The number of aryl methyl sites for hydroxylation is 1. The molecule has 1 heterocycles. The third-order valence-electron chi connectivity index (χ3n) is 3.22. The van der Waals surface area contributed by atoms with Crippen molar-refractivity contribution >= 4 is 28.9 Å². The summed E-state index contributed by atoms with van der Waals surface area (Å²) in [6.07, 6.45) is 1.21. The molecular weight excluding hydrogens is 338 g/mol. The molecule has 0 amide bonds. The maximum absolute atomic E-state index is 11.8. The van der Waals surface area contributed by atoms with Gasteiger partial charge in [0, 0.05) is 19.1 Å². The smallest absolute Gasteiger partial charge is 0.315 e. The monoisotopic (exact) mass is 347 g/mol. The lowest BCUT2D eigenvalue weighted by molar-refractivity contribution is -0.610. The zero-order chi connectivity index (χ0) is 18.0. The molecule has 2 N–H and O–H groups in total. The van der Waals surface area contributed by atoms with Crippen molar-refractivity contribution in [3.63, 3.8) is 0 Å². The first kappa shape index (κ1) is 17.1. The molecule has 2 aromatic rings. The molecule has 0 atom stereocenters. The van der Waals surface area contributed by atoms with Crippen LogP contribution >= 0.6 is 11.6 Å². The van der Waals surface area contributed by atoms with E-state index in [1.165, 1.54) is 18.2 Å². The molecule has 8 nitrogen and oxygen atoms in total. The van der Waals surface area contributed by atoms with E-state index >= 15 is 0 Å². The minimum Gasteiger partial charge on any atom is -0.617 e. The van der Waals surface area contributed by atoms with Gasteiger partial charge in [-0.25, -0.2) is 0 Å². The molecule has 0 aliphatic carbocycles. The first-order chi connectivity index (χ1) is 11.3. The molecule has 1 aromatic carbocycles. The topological polar surface area (TPSA) is 134 Å². The Hall–Kier alpha value is -3.31. The second kappa shape index (κ2) is 6.44. The minimum absolute atomic E-state index is 0.0380. The van der Waals surface area contributed by atoms with E-state index in [2.05, 4.69) is 0 Å². The number of aromatic nitrogens is 1. The van der Waals surface area contributed by atoms with Crippen molar-refractivity contribution in [3.05, 3.63) is 61.6 Å². The first-order valence-electron chi connectivity index (χ1n) is 6.47. The molecule has 0 aliphatic rings. The Morgan fingerprint density at radius 2 is 2.08 bits per heavy atom. The number of nitriles is 1. The quantitative estimate of drug-likeness (QED) is 0.167. The van der Waals surface area contributed by atoms with Crippen molar-refractivity contribution in [1.82, 2.24) is 0 Å². The van der Waals surface area contributed by atoms with Crippen LogP contribution in [0.25, 0.3) is 11.6 Å². The number of phenolic OH excluding ortho intramolecular Hbond substituents is 2. The zero-order valence-corrected chi connectivity index (χ0v) is 13.0. The van der Waals surface area contributed by atoms with Gasteiger partial charge < -0.3 is 15.4 Å². The summed E-state index contributed by atoms with van der Waals surface area (Å²) in [5, 5.41) is 50.8. The van der Waals surface area contributed by atoms with Crippen molar-refractivity contribution in [3.8, 4) is 17.6 Å². The summed E-state index contributed by atoms with van der Waals surface area (Å²) in [6, 6.07) is 6.82. The number of pyridine rings is 1. The number of nitro groups is 1. The predicted molar refractivity (Wildman–Crippen MR) is 85.1 cm³/mol. The number of nitrogens with zero attached hydrogens (tertiary/aromatic N) is 3. The van der Waals surface area contributed by atoms with Crippen LogP contribution in [0, 0.1) is 33.6 Å². The Balaban J connectivity index is 2.63. The largest absolute Gasteiger partial charge is 0.617 e. The number of allylic oxidation sites excluding steroid dienone is 1. The summed E-state index contributed by atoms with van der Waals surface area (Å²) in [4.78, 5) is 10.00. The third kappa shape index (κ3) is 3.06. The molecule has 122 valence electrons. The molecule has 24 heavy (non-hydrogen) atoms. The minimum atomic E-state index is -0.874. The van der Waals surface area contributed by atoms with Gasteiger partial charge in [0.1, 0.15) is 6.07 Å². The standard InChI is InChI=1S/C15H10ClN3O5/c1-8-2-3-11(15(16)18(8)22)10(7-17)4-9-5-12(19(23)24)14(21)13(20)6-9/h2-6,20-21H,1H3/b10-4+. The zero-order valence-electron chi connectivity index (χ0n) is 12.2. The number of hydrogen-bond acceptors (Lipinski definition) is 6. The van der Waals surface area contributed by atoms with Crippen LogP contribution in [0.2, 0.25) is 5.15 Å². The highest BCUT2D eigenvalue weighted by Crippen LogP contribution is 2.37. The van der Waals surface area contributed by atoms with Gasteiger partial charge in [-0.05, 0) is 35.4 Å². The molecule has 0 saturated carbocycles. The number of nitro benzene ring substituents is 1. The van der Waals surface area contributed by atoms with Gasteiger partial charge >= 0.3 is 5.69 Å². The van der Waals surface area contributed by atoms with Crippen molar-refractivity contribution in [2.45, 2.75) is 6.92 Å². The Labute approximate surface area is 140 Å². The lowest BCUT2D eigenvalue weighted by atomic mass is 10.0. The Bertz CT molecular complexity index is 918. The maximum Gasteiger partial charge on any atom is 0.315 e. The van der Waals surface area contributed by atoms with E-state index in [9.17, 15) is 30.8 Å². The van der Waals surface area contributed by atoms with Crippen LogP contribution in [-0.4, -0.2) is 15.1 Å². The average Bonchev–Trinajstić information content (AvgIpc) is 2.54. The van der Waals surface area contributed by atoms with Crippen molar-refractivity contribution in [1.29, 1.82) is 5.26 Å². The highest BCUT2D eigenvalue weighted by molar-refractivity contribution is 6.30. The van der Waals surface area contributed by atoms with E-state index in [4.69, 9.17) is 11.6 Å². The van der Waals surface area contributed by atoms with Crippen LogP contribution in [0.4, 0.5) is 5.69 Å². The van der Waals surface area contributed by atoms with Gasteiger partial charge in [0.15, 0.2) is 11.4 Å². The Morgan fingerprint density at radius 3 is 2.67 bits per heavy atom. The molecule has 0 radical (unpaired) electrons. The normalized spacial score (nSPS) is 11.1. The van der Waals surface area contributed by atoms with E-state index in [1.54, 1.807) is 6.92 Å². The van der Waals surface area contributed by atoms with Gasteiger partial charge in [-0.15, -0.1) is 0 Å². The van der Waals surface area contributed by atoms with Crippen LogP contribution in [-0.2, 0) is 0 Å². The van der Waals surface area contributed by atoms with Gasteiger partial charge in [0.05, 0.1) is 16.1 Å². The Kier molecular flexibility index (Phi) is 4.57. The highest BCUT2D eigenvalue weighted by atomic mass is 35.5. The molecule has 1 aromatic heterocycles. The fourth-order valence-corrected chi connectivity index (χ4v) is 2.29. The van der Waals surface area contributed by atoms with Crippen molar-refractivity contribution in [2.75, 3.05) is 0 Å². The number of halogens is 1. The van der Waals surface area contributed by atoms with Crippen LogP contribution in [0.15, 0.2) is 24.3 Å². The van der Waals surface area contributed by atoms with Gasteiger partial charge in [-0.3, -0.25) is 10.1 Å². The van der Waals surface area contributed by atoms with Crippen molar-refractivity contribution in [2.24, 2.45) is 0 Å². The van der Waals surface area contributed by atoms with E-state index in [1.807, 2.05) is 6.07 Å². The molecule has 2 rings (SSSR count). The molecule has 0 saturated heterocycles. The average molecular weight is 348 g/mol. The lowest BCUT2D eigenvalue weighted by Gasteiger charge is -2.07. The fraction of sp³-hybridized carbons (Fsp3) is 0.0667. The first-order valence-corrected chi connectivity index (χ1v) is 6.85. The number of benzene rings is 1. The molecule has 0 fully saturated rings. The van der Waals surface area contributed by atoms with Gasteiger partial charge in [0.2, 0.25) is 5.75 Å². The molecule has 0 unspecified atom stereocenters. The fourth-order valence-electron chi connectivity index (χ4n) is 1.99. The molecule has 0 bridgehead atoms. The second-order valence-corrected chi connectivity index (χ2v) is 5.17. The van der Waals surface area contributed by atoms with Crippen LogP contribution in [0.3, 0.4) is 0 Å². The summed E-state index contributed by atoms with van der Waals surface area (Å²) >= 11 is 5.94. The predicted octanol–water partition coefficient (Wildman–Crippen LogP) is 2.67. The van der Waals surface area contributed by atoms with E-state index in [0.29, 0.717) is 10.4 Å². The van der Waals surface area contributed by atoms with Gasteiger partial charge in [-0.1, -0.05) is 0 Å². The molecular formula is C15H10ClN3O5. The number of hydrogen-bond donors (Lipinski definition) is 2. The molecule has 0 spiro atoms. The van der Waals surface area contributed by atoms with Crippen LogP contribution < -0.4 is 4.73 Å². The van der Waals surface area contributed by atoms with Gasteiger partial charge in [-0.2, -0.15) is 9.99 Å². The van der Waals surface area contributed by atoms with Gasteiger partial charge in [0.25, 0.3) is 5.15 Å². The summed E-state index contributed by atoms with van der Waals surface area (Å²) < 4.78 is 0.443. The summed E-state index contributed by atoms with van der Waals surface area (Å²) in [5.41, 5.74) is -0.201. The van der Waals surface area contributed by atoms with Crippen molar-refractivity contribution < 1.29 is 19.9 Å². The van der Waals surface area contributed by atoms with E-state index in [-0.39, 0.29) is 21.9 Å². The number of rotatable bonds is 3. The third-order valence-corrected chi connectivity index (χ3v) is 3.58. The summed E-state index contributed by atoms with van der Waals surface area (Å²) in [7, 11) is 0. The van der Waals surface area contributed by atoms with E-state index < -0.39 is 22.1 Å². The lowest BCUT2D eigenvalue weighted by Crippen LogP contribution is -2.32. The Morgan fingerprint density at radius 1 is 1.42 bits per heavy atom. The number of aromatic hydroxyl groups is 2. The number of phenols is 2. The highest BCUT2D eigenvalue weighted by Gasteiger charge is 2.20. The maximum atomic E-state index is 11.8. The molecule has 0 aliphatic heterocycles. The van der Waals surface area contributed by atoms with E-state index in [0.717, 1.165) is 12.1 Å². The SMILES string of the molecule is Cc1ccc(/C(C#N)=C/c2cc(O)c(O)c([N+](=O)[O-])c2)c(Cl)[n+]1[O-].